The number of likely N-dealkylation sites (tertiary alicyclic amines) is 1. The summed E-state index contributed by atoms with van der Waals surface area (Å²) in [5.41, 5.74) is 2.30. The van der Waals surface area contributed by atoms with Crippen molar-refractivity contribution in [3.63, 3.8) is 0 Å². The van der Waals surface area contributed by atoms with Gasteiger partial charge in [0.15, 0.2) is 11.5 Å². The van der Waals surface area contributed by atoms with E-state index in [-0.39, 0.29) is 36.3 Å². The Morgan fingerprint density at radius 3 is 2.37 bits per heavy atom. The molecule has 4 saturated heterocycles. The van der Waals surface area contributed by atoms with Gasteiger partial charge in [-0.05, 0) is 113 Å². The lowest BCUT2D eigenvalue weighted by Gasteiger charge is -2.55. The molecule has 1 aliphatic carbocycles. The summed E-state index contributed by atoms with van der Waals surface area (Å²) in [4.78, 5) is 63.8. The Kier molecular flexibility index (Phi) is 10.9. The number of aromatic nitrogens is 3. The summed E-state index contributed by atoms with van der Waals surface area (Å²) >= 11 is 6.15. The van der Waals surface area contributed by atoms with Gasteiger partial charge in [0.2, 0.25) is 11.8 Å². The molecule has 1 aromatic carbocycles. The number of nitriles is 1. The molecular weight excluding hydrogens is 772 g/mol. The number of amides is 4. The molecule has 9 rings (SSSR count). The zero-order chi connectivity index (χ0) is 40.7. The minimum absolute atomic E-state index is 0.0313. The molecule has 3 aromatic rings. The number of fused-ring (bicyclic) bond motifs is 1. The second-order valence-electron chi connectivity index (χ2n) is 17.2. The van der Waals surface area contributed by atoms with E-state index in [0.29, 0.717) is 57.6 Å². The summed E-state index contributed by atoms with van der Waals surface area (Å²) < 4.78 is 6.09. The van der Waals surface area contributed by atoms with E-state index in [4.69, 9.17) is 26.6 Å². The standard InChI is InChI=1S/C43H49ClN10O5/c44-33-21-31(4-1-28(33)22-45)59-30-5-2-29(3-6-30)46-40(56)34-8-11-38(50-49-34)52-17-13-27(14-18-52)23-51-19-15-43(16-20-51)25-53(26-43)37-10-7-32-35(47-37)24-54(42(32)58)36-9-12-39(55)48-41(36)57/h1,4,7-8,10-11,21,27,29-30,36H,2-3,5-6,9,12-20,23-26H2,(H,46,56)(H,48,55,57)/t29-,30-,36?. The fourth-order valence-corrected chi connectivity index (χ4v) is 10.0. The van der Waals surface area contributed by atoms with Crippen LogP contribution in [0.3, 0.4) is 0 Å². The molecule has 59 heavy (non-hydrogen) atoms. The summed E-state index contributed by atoms with van der Waals surface area (Å²) in [6.45, 7) is 7.36. The van der Waals surface area contributed by atoms with Crippen LogP contribution in [0.4, 0.5) is 11.6 Å². The molecule has 0 radical (unpaired) electrons. The molecule has 2 aromatic heterocycles. The average Bonchev–Trinajstić information content (AvgIpc) is 3.56. The molecule has 5 fully saturated rings. The van der Waals surface area contributed by atoms with E-state index in [9.17, 15) is 19.2 Å². The molecule has 4 amide bonds. The third-order valence-corrected chi connectivity index (χ3v) is 13.7. The highest BCUT2D eigenvalue weighted by molar-refractivity contribution is 6.31. The van der Waals surface area contributed by atoms with Crippen molar-refractivity contribution in [3.8, 4) is 11.8 Å². The predicted molar refractivity (Wildman–Crippen MR) is 218 cm³/mol. The van der Waals surface area contributed by atoms with Crippen molar-refractivity contribution < 1.29 is 23.9 Å². The van der Waals surface area contributed by atoms with Crippen molar-refractivity contribution >= 4 is 46.9 Å². The van der Waals surface area contributed by atoms with Crippen LogP contribution < -0.4 is 25.2 Å². The van der Waals surface area contributed by atoms with E-state index in [2.05, 4.69) is 41.6 Å². The first kappa shape index (κ1) is 39.1. The van der Waals surface area contributed by atoms with Gasteiger partial charge in [-0.25, -0.2) is 4.98 Å². The third-order valence-electron chi connectivity index (χ3n) is 13.4. The summed E-state index contributed by atoms with van der Waals surface area (Å²) in [6.07, 6.45) is 8.33. The quantitative estimate of drug-likeness (QED) is 0.296. The number of hydrogen-bond acceptors (Lipinski definition) is 12. The van der Waals surface area contributed by atoms with Crippen LogP contribution in [0.25, 0.3) is 0 Å². The number of hydrogen-bond donors (Lipinski definition) is 2. The number of halogens is 1. The molecule has 1 saturated carbocycles. The molecule has 6 aliphatic rings. The minimum atomic E-state index is -0.633. The zero-order valence-electron chi connectivity index (χ0n) is 33.1. The zero-order valence-corrected chi connectivity index (χ0v) is 33.8. The van der Waals surface area contributed by atoms with Crippen molar-refractivity contribution in [2.75, 3.05) is 55.6 Å². The van der Waals surface area contributed by atoms with Crippen molar-refractivity contribution in [1.29, 1.82) is 5.26 Å². The van der Waals surface area contributed by atoms with E-state index >= 15 is 0 Å². The lowest BCUT2D eigenvalue weighted by molar-refractivity contribution is -0.136. The van der Waals surface area contributed by atoms with Crippen LogP contribution in [0.1, 0.15) is 96.3 Å². The summed E-state index contributed by atoms with van der Waals surface area (Å²) in [7, 11) is 0. The predicted octanol–water partition coefficient (Wildman–Crippen LogP) is 4.10. The van der Waals surface area contributed by atoms with E-state index in [1.54, 1.807) is 29.2 Å². The first-order valence-electron chi connectivity index (χ1n) is 21.0. The van der Waals surface area contributed by atoms with Crippen molar-refractivity contribution in [2.24, 2.45) is 11.3 Å². The van der Waals surface area contributed by atoms with Crippen molar-refractivity contribution in [1.82, 2.24) is 35.6 Å². The highest BCUT2D eigenvalue weighted by atomic mass is 35.5. The van der Waals surface area contributed by atoms with Crippen LogP contribution in [0, 0.1) is 22.7 Å². The van der Waals surface area contributed by atoms with Gasteiger partial charge in [0.25, 0.3) is 11.8 Å². The van der Waals surface area contributed by atoms with Crippen molar-refractivity contribution in [2.45, 2.75) is 88.9 Å². The number of nitrogens with zero attached hydrogens (tertiary/aromatic N) is 8. The second kappa shape index (κ2) is 16.4. The van der Waals surface area contributed by atoms with Crippen LogP contribution in [-0.4, -0.2) is 113 Å². The number of nitrogens with one attached hydrogen (secondary N) is 2. The molecule has 5 aliphatic heterocycles. The normalized spacial score (nSPS) is 24.6. The highest BCUT2D eigenvalue weighted by Crippen LogP contribution is 2.43. The lowest BCUT2D eigenvalue weighted by Crippen LogP contribution is -2.61. The van der Waals surface area contributed by atoms with E-state index in [1.165, 1.54) is 0 Å². The first-order chi connectivity index (χ1) is 28.6. The Bertz CT molecular complexity index is 2150. The van der Waals surface area contributed by atoms with Gasteiger partial charge in [0.1, 0.15) is 23.7 Å². The smallest absolute Gasteiger partial charge is 0.272 e. The Morgan fingerprint density at radius 1 is 0.915 bits per heavy atom. The minimum Gasteiger partial charge on any atom is -0.490 e. The molecule has 1 unspecified atom stereocenters. The number of imide groups is 1. The monoisotopic (exact) mass is 820 g/mol. The van der Waals surface area contributed by atoms with Crippen molar-refractivity contribution in [3.05, 3.63) is 70.0 Å². The van der Waals surface area contributed by atoms with E-state index in [1.807, 2.05) is 18.2 Å². The molecule has 7 heterocycles. The molecule has 308 valence electrons. The first-order valence-corrected chi connectivity index (χ1v) is 21.4. The molecule has 15 nitrogen and oxygen atoms in total. The highest BCUT2D eigenvalue weighted by Gasteiger charge is 2.46. The van der Waals surface area contributed by atoms with Gasteiger partial charge in [-0.2, -0.15) is 5.26 Å². The molecule has 1 spiro atoms. The average molecular weight is 821 g/mol. The van der Waals surface area contributed by atoms with Gasteiger partial charge in [0, 0.05) is 56.7 Å². The fourth-order valence-electron chi connectivity index (χ4n) is 9.81. The Labute approximate surface area is 348 Å². The Balaban J connectivity index is 0.675. The number of ether oxygens (including phenoxy) is 1. The Morgan fingerprint density at radius 2 is 1.68 bits per heavy atom. The molecular formula is C43H49ClN10O5. The topological polar surface area (TPSA) is 177 Å². The van der Waals surface area contributed by atoms with Gasteiger partial charge in [-0.15, -0.1) is 10.2 Å². The maximum Gasteiger partial charge on any atom is 0.272 e. The third kappa shape index (κ3) is 8.30. The van der Waals surface area contributed by atoms with Crippen LogP contribution in [0.15, 0.2) is 42.5 Å². The van der Waals surface area contributed by atoms with Crippen LogP contribution in [0.2, 0.25) is 5.02 Å². The number of rotatable bonds is 9. The Hall–Kier alpha value is -5.33. The van der Waals surface area contributed by atoms with E-state index < -0.39 is 11.9 Å². The summed E-state index contributed by atoms with van der Waals surface area (Å²) in [5, 5.41) is 23.7. The van der Waals surface area contributed by atoms with Gasteiger partial charge < -0.3 is 29.7 Å². The second-order valence-corrected chi connectivity index (χ2v) is 17.7. The molecule has 1 atom stereocenters. The summed E-state index contributed by atoms with van der Waals surface area (Å²) in [6, 6.07) is 14.0. The van der Waals surface area contributed by atoms with Crippen LogP contribution >= 0.6 is 11.6 Å². The number of piperidine rings is 3. The van der Waals surface area contributed by atoms with Crippen LogP contribution in [0.5, 0.6) is 5.75 Å². The number of carbonyl (C=O) groups is 4. The fraction of sp³-hybridized carbons (Fsp3) is 0.535. The molecule has 2 N–H and O–H groups in total. The largest absolute Gasteiger partial charge is 0.490 e. The summed E-state index contributed by atoms with van der Waals surface area (Å²) in [5.74, 6) is 1.89. The lowest BCUT2D eigenvalue weighted by atomic mass is 9.72. The number of carbonyl (C=O) groups excluding carboxylic acids is 4. The number of pyridine rings is 1. The van der Waals surface area contributed by atoms with Crippen LogP contribution in [-0.2, 0) is 16.1 Å². The SMILES string of the molecule is N#Cc1ccc(O[C@H]2CC[C@H](NC(=O)c3ccc(N4CCC(CN5CCC6(CC5)CN(c5ccc7c(n5)CN(C5CCC(=O)NC5=O)C7=O)C6)CC4)nn3)CC2)cc1Cl. The molecule has 0 bridgehead atoms. The molecule has 16 heteroatoms. The van der Waals surface area contributed by atoms with Gasteiger partial charge in [-0.3, -0.25) is 24.5 Å². The maximum absolute atomic E-state index is 13.1. The number of benzene rings is 1. The van der Waals surface area contributed by atoms with E-state index in [0.717, 1.165) is 109 Å². The van der Waals surface area contributed by atoms with Gasteiger partial charge >= 0.3 is 0 Å². The maximum atomic E-state index is 13.1. The van der Waals surface area contributed by atoms with Gasteiger partial charge in [0.05, 0.1) is 34.5 Å². The number of anilines is 2. The van der Waals surface area contributed by atoms with Gasteiger partial charge in [-0.1, -0.05) is 11.6 Å².